The van der Waals surface area contributed by atoms with Crippen molar-refractivity contribution in [2.45, 2.75) is 25.3 Å². The van der Waals surface area contributed by atoms with E-state index in [1.807, 2.05) is 0 Å². The number of carbonyl (C=O) groups is 1. The standard InChI is InChI=1S/C17H26ClN3O4S/c1-20(26(3,23)24)14-6-9-21(10-7-14)11-8-17(22)19-15-12-13(18)4-5-16(15)25-2/h4-5,12,14H,6-11H2,1-3H3,(H,19,22). The molecule has 26 heavy (non-hydrogen) atoms. The Morgan fingerprint density at radius 2 is 2.04 bits per heavy atom. The van der Waals surface area contributed by atoms with Crippen molar-refractivity contribution in [3.63, 3.8) is 0 Å². The summed E-state index contributed by atoms with van der Waals surface area (Å²) in [5.74, 6) is 0.452. The van der Waals surface area contributed by atoms with Crippen LogP contribution in [0.5, 0.6) is 5.75 Å². The van der Waals surface area contributed by atoms with Crippen LogP contribution in [0.1, 0.15) is 19.3 Å². The molecule has 0 radical (unpaired) electrons. The molecule has 1 saturated heterocycles. The number of benzene rings is 1. The first-order valence-corrected chi connectivity index (χ1v) is 10.7. The molecule has 0 aliphatic carbocycles. The highest BCUT2D eigenvalue weighted by atomic mass is 35.5. The van der Waals surface area contributed by atoms with Crippen LogP contribution < -0.4 is 10.1 Å². The summed E-state index contributed by atoms with van der Waals surface area (Å²) in [7, 11) is 0.00236. The highest BCUT2D eigenvalue weighted by Crippen LogP contribution is 2.27. The number of ether oxygens (including phenoxy) is 1. The molecule has 146 valence electrons. The molecular weight excluding hydrogens is 378 g/mol. The van der Waals surface area contributed by atoms with Crippen LogP contribution in [0.3, 0.4) is 0 Å². The third-order valence-electron chi connectivity index (χ3n) is 4.69. The van der Waals surface area contributed by atoms with Crippen molar-refractivity contribution in [3.05, 3.63) is 23.2 Å². The van der Waals surface area contributed by atoms with E-state index < -0.39 is 10.0 Å². The lowest BCUT2D eigenvalue weighted by atomic mass is 10.1. The van der Waals surface area contributed by atoms with Gasteiger partial charge in [-0.15, -0.1) is 0 Å². The Morgan fingerprint density at radius 3 is 2.62 bits per heavy atom. The number of carbonyl (C=O) groups excluding carboxylic acids is 1. The summed E-state index contributed by atoms with van der Waals surface area (Å²) in [5, 5.41) is 3.35. The van der Waals surface area contributed by atoms with Crippen LogP contribution >= 0.6 is 11.6 Å². The molecule has 1 heterocycles. The predicted molar refractivity (Wildman–Crippen MR) is 103 cm³/mol. The third-order valence-corrected chi connectivity index (χ3v) is 6.26. The SMILES string of the molecule is COc1ccc(Cl)cc1NC(=O)CCN1CCC(N(C)S(C)(=O)=O)CC1. The first-order valence-electron chi connectivity index (χ1n) is 8.49. The Morgan fingerprint density at radius 1 is 1.38 bits per heavy atom. The number of nitrogens with zero attached hydrogens (tertiary/aromatic N) is 2. The number of anilines is 1. The van der Waals surface area contributed by atoms with Gasteiger partial charge in [-0.05, 0) is 44.1 Å². The van der Waals surface area contributed by atoms with Crippen molar-refractivity contribution in [1.29, 1.82) is 0 Å². The van der Waals surface area contributed by atoms with E-state index in [0.29, 0.717) is 29.4 Å². The van der Waals surface area contributed by atoms with Crippen molar-refractivity contribution in [1.82, 2.24) is 9.21 Å². The smallest absolute Gasteiger partial charge is 0.225 e. The topological polar surface area (TPSA) is 79.0 Å². The highest BCUT2D eigenvalue weighted by Gasteiger charge is 2.27. The molecule has 7 nitrogen and oxygen atoms in total. The van der Waals surface area contributed by atoms with Gasteiger partial charge in [0.2, 0.25) is 15.9 Å². The van der Waals surface area contributed by atoms with Gasteiger partial charge in [-0.25, -0.2) is 12.7 Å². The van der Waals surface area contributed by atoms with Gasteiger partial charge in [-0.2, -0.15) is 0 Å². The zero-order valence-electron chi connectivity index (χ0n) is 15.4. The number of nitrogens with one attached hydrogen (secondary N) is 1. The summed E-state index contributed by atoms with van der Waals surface area (Å²) in [5.41, 5.74) is 0.554. The third kappa shape index (κ3) is 5.84. The molecule has 1 N–H and O–H groups in total. The first-order chi connectivity index (χ1) is 12.2. The summed E-state index contributed by atoms with van der Waals surface area (Å²) >= 11 is 5.97. The molecule has 1 aromatic carbocycles. The number of sulfonamides is 1. The van der Waals surface area contributed by atoms with Crippen LogP contribution in [0.25, 0.3) is 0 Å². The lowest BCUT2D eigenvalue weighted by Crippen LogP contribution is -2.45. The molecular formula is C17H26ClN3O4S. The Bertz CT molecular complexity index is 734. The number of methoxy groups -OCH3 is 1. The first kappa shape index (κ1) is 21.0. The van der Waals surface area contributed by atoms with Crippen LogP contribution in [-0.4, -0.2) is 69.6 Å². The van der Waals surface area contributed by atoms with E-state index in [2.05, 4.69) is 10.2 Å². The summed E-state index contributed by atoms with van der Waals surface area (Å²) < 4.78 is 29.9. The number of halogens is 1. The summed E-state index contributed by atoms with van der Waals surface area (Å²) in [6.45, 7) is 2.18. The highest BCUT2D eigenvalue weighted by molar-refractivity contribution is 7.88. The van der Waals surface area contributed by atoms with Crippen molar-refractivity contribution >= 4 is 33.2 Å². The van der Waals surface area contributed by atoms with Crippen LogP contribution in [0.4, 0.5) is 5.69 Å². The molecule has 0 aromatic heterocycles. The van der Waals surface area contributed by atoms with E-state index in [1.54, 1.807) is 25.2 Å². The number of amides is 1. The molecule has 0 bridgehead atoms. The second kappa shape index (κ2) is 9.03. The molecule has 1 amide bonds. The maximum atomic E-state index is 12.2. The minimum Gasteiger partial charge on any atom is -0.495 e. The summed E-state index contributed by atoms with van der Waals surface area (Å²) in [4.78, 5) is 14.4. The summed E-state index contributed by atoms with van der Waals surface area (Å²) in [6.07, 6.45) is 3.12. The van der Waals surface area contributed by atoms with Crippen LogP contribution in [0.2, 0.25) is 5.02 Å². The van der Waals surface area contributed by atoms with Gasteiger partial charge in [-0.1, -0.05) is 11.6 Å². The molecule has 1 aliphatic heterocycles. The molecule has 1 aromatic rings. The van der Waals surface area contributed by atoms with E-state index in [-0.39, 0.29) is 11.9 Å². The van der Waals surface area contributed by atoms with Crippen molar-refractivity contribution in [2.75, 3.05) is 45.4 Å². The van der Waals surface area contributed by atoms with E-state index in [0.717, 1.165) is 25.9 Å². The van der Waals surface area contributed by atoms with Crippen molar-refractivity contribution in [3.8, 4) is 5.75 Å². The van der Waals surface area contributed by atoms with Gasteiger partial charge in [0, 0.05) is 31.1 Å². The van der Waals surface area contributed by atoms with Gasteiger partial charge in [0.05, 0.1) is 19.1 Å². The van der Waals surface area contributed by atoms with Crippen molar-refractivity contribution in [2.24, 2.45) is 0 Å². The quantitative estimate of drug-likeness (QED) is 0.753. The van der Waals surface area contributed by atoms with E-state index in [4.69, 9.17) is 16.3 Å². The molecule has 0 atom stereocenters. The molecule has 1 fully saturated rings. The van der Waals surface area contributed by atoms with Gasteiger partial charge in [-0.3, -0.25) is 4.79 Å². The van der Waals surface area contributed by atoms with E-state index >= 15 is 0 Å². The van der Waals surface area contributed by atoms with Gasteiger partial charge in [0.15, 0.2) is 0 Å². The number of hydrogen-bond donors (Lipinski definition) is 1. The lowest BCUT2D eigenvalue weighted by Gasteiger charge is -2.35. The Balaban J connectivity index is 1.80. The zero-order valence-corrected chi connectivity index (χ0v) is 16.9. The van der Waals surface area contributed by atoms with Gasteiger partial charge >= 0.3 is 0 Å². The molecule has 2 rings (SSSR count). The molecule has 0 spiro atoms. The number of hydrogen-bond acceptors (Lipinski definition) is 5. The number of likely N-dealkylation sites (tertiary alicyclic amines) is 1. The van der Waals surface area contributed by atoms with Crippen LogP contribution in [0.15, 0.2) is 18.2 Å². The molecule has 0 unspecified atom stereocenters. The number of piperidine rings is 1. The maximum absolute atomic E-state index is 12.2. The second-order valence-electron chi connectivity index (χ2n) is 6.49. The Hall–Kier alpha value is -1.35. The van der Waals surface area contributed by atoms with Gasteiger partial charge in [0.1, 0.15) is 5.75 Å². The minimum absolute atomic E-state index is 0.0331. The van der Waals surface area contributed by atoms with Crippen LogP contribution in [0, 0.1) is 0 Å². The fraction of sp³-hybridized carbons (Fsp3) is 0.588. The summed E-state index contributed by atoms with van der Waals surface area (Å²) in [6, 6.07) is 5.10. The number of rotatable bonds is 7. The van der Waals surface area contributed by atoms with E-state index in [1.165, 1.54) is 17.7 Å². The van der Waals surface area contributed by atoms with Crippen LogP contribution in [-0.2, 0) is 14.8 Å². The monoisotopic (exact) mass is 403 g/mol. The van der Waals surface area contributed by atoms with Crippen molar-refractivity contribution < 1.29 is 17.9 Å². The fourth-order valence-electron chi connectivity index (χ4n) is 3.03. The van der Waals surface area contributed by atoms with E-state index in [9.17, 15) is 13.2 Å². The second-order valence-corrected chi connectivity index (χ2v) is 8.97. The minimum atomic E-state index is -3.16. The van der Waals surface area contributed by atoms with Gasteiger partial charge in [0.25, 0.3) is 0 Å². The normalized spacial score (nSPS) is 16.7. The average molecular weight is 404 g/mol. The molecule has 1 aliphatic rings. The zero-order chi connectivity index (χ0) is 19.3. The largest absolute Gasteiger partial charge is 0.495 e. The predicted octanol–water partition coefficient (Wildman–Crippen LogP) is 2.03. The fourth-order valence-corrected chi connectivity index (χ4v) is 3.95. The molecule has 0 saturated carbocycles. The molecule has 9 heteroatoms. The van der Waals surface area contributed by atoms with Gasteiger partial charge < -0.3 is 15.0 Å². The average Bonchev–Trinajstić information content (AvgIpc) is 2.59. The Labute approximate surface area is 160 Å². The maximum Gasteiger partial charge on any atom is 0.225 e. The lowest BCUT2D eigenvalue weighted by molar-refractivity contribution is -0.116. The Kier molecular flexibility index (Phi) is 7.28.